The lowest BCUT2D eigenvalue weighted by atomic mass is 9.92. The first-order chi connectivity index (χ1) is 9.52. The van der Waals surface area contributed by atoms with Gasteiger partial charge in [0.05, 0.1) is 18.8 Å². The summed E-state index contributed by atoms with van der Waals surface area (Å²) in [6.45, 7) is 4.97. The van der Waals surface area contributed by atoms with Crippen molar-refractivity contribution < 1.29 is 9.53 Å². The molecule has 0 aromatic heterocycles. The zero-order valence-electron chi connectivity index (χ0n) is 12.1. The van der Waals surface area contributed by atoms with E-state index in [1.54, 1.807) is 7.11 Å². The van der Waals surface area contributed by atoms with Gasteiger partial charge in [0.1, 0.15) is 5.75 Å². The number of piperidine rings is 1. The molecule has 0 saturated carbocycles. The minimum atomic E-state index is -0.128. The third-order valence-electron chi connectivity index (χ3n) is 3.78. The minimum absolute atomic E-state index is 0.0147. The average molecular weight is 341 g/mol. The first-order valence-corrected chi connectivity index (χ1v) is 7.70. The summed E-state index contributed by atoms with van der Waals surface area (Å²) < 4.78 is 6.30. The van der Waals surface area contributed by atoms with Crippen LogP contribution in [0.25, 0.3) is 0 Å². The molecule has 0 radical (unpaired) electrons. The largest absolute Gasteiger partial charge is 0.495 e. The van der Waals surface area contributed by atoms with Crippen LogP contribution >= 0.6 is 15.9 Å². The van der Waals surface area contributed by atoms with Crippen molar-refractivity contribution in [3.05, 3.63) is 22.2 Å². The standard InChI is InChI=1S/C15H21BrN2O2/c1-9-5-4-6-17-14(9)15(19)18-13-10(2)7-11(16)8-12(13)20-3/h7-9,14,17H,4-6H2,1-3H3,(H,18,19). The van der Waals surface area contributed by atoms with Gasteiger partial charge >= 0.3 is 0 Å². The van der Waals surface area contributed by atoms with Crippen LogP contribution in [0.4, 0.5) is 5.69 Å². The van der Waals surface area contributed by atoms with E-state index < -0.39 is 0 Å². The number of ether oxygens (including phenoxy) is 1. The molecule has 5 heteroatoms. The van der Waals surface area contributed by atoms with Gasteiger partial charge in [-0.1, -0.05) is 22.9 Å². The molecule has 20 heavy (non-hydrogen) atoms. The van der Waals surface area contributed by atoms with E-state index >= 15 is 0 Å². The van der Waals surface area contributed by atoms with Crippen molar-refractivity contribution in [1.29, 1.82) is 0 Å². The second-order valence-corrected chi connectivity index (χ2v) is 6.26. The van der Waals surface area contributed by atoms with Crippen LogP contribution in [-0.2, 0) is 4.79 Å². The Labute approximate surface area is 128 Å². The van der Waals surface area contributed by atoms with Gasteiger partial charge in [-0.2, -0.15) is 0 Å². The molecule has 1 fully saturated rings. The van der Waals surface area contributed by atoms with Crippen LogP contribution in [0.2, 0.25) is 0 Å². The van der Waals surface area contributed by atoms with E-state index in [-0.39, 0.29) is 11.9 Å². The monoisotopic (exact) mass is 340 g/mol. The molecule has 0 spiro atoms. The van der Waals surface area contributed by atoms with Gasteiger partial charge in [0, 0.05) is 4.47 Å². The van der Waals surface area contributed by atoms with Crippen molar-refractivity contribution >= 4 is 27.5 Å². The summed E-state index contributed by atoms with van der Waals surface area (Å²) in [5.74, 6) is 1.04. The topological polar surface area (TPSA) is 50.4 Å². The molecular formula is C15H21BrN2O2. The van der Waals surface area contributed by atoms with Gasteiger partial charge in [-0.3, -0.25) is 4.79 Å². The molecule has 1 aliphatic heterocycles. The van der Waals surface area contributed by atoms with Crippen LogP contribution in [-0.4, -0.2) is 25.6 Å². The van der Waals surface area contributed by atoms with Crippen LogP contribution in [0.3, 0.4) is 0 Å². The SMILES string of the molecule is COc1cc(Br)cc(C)c1NC(=O)C1NCCCC1C. The van der Waals surface area contributed by atoms with Crippen molar-refractivity contribution in [1.82, 2.24) is 5.32 Å². The van der Waals surface area contributed by atoms with Crippen molar-refractivity contribution in [2.75, 3.05) is 19.0 Å². The van der Waals surface area contributed by atoms with Gasteiger partial charge in [0.25, 0.3) is 0 Å². The normalized spacial score (nSPS) is 22.4. The fourth-order valence-electron chi connectivity index (χ4n) is 2.64. The zero-order valence-corrected chi connectivity index (χ0v) is 13.7. The minimum Gasteiger partial charge on any atom is -0.495 e. The highest BCUT2D eigenvalue weighted by Gasteiger charge is 2.28. The van der Waals surface area contributed by atoms with Crippen LogP contribution in [0.5, 0.6) is 5.75 Å². The fraction of sp³-hybridized carbons (Fsp3) is 0.533. The van der Waals surface area contributed by atoms with E-state index in [1.807, 2.05) is 19.1 Å². The maximum absolute atomic E-state index is 12.4. The molecule has 2 unspecified atom stereocenters. The molecule has 2 rings (SSSR count). The third-order valence-corrected chi connectivity index (χ3v) is 4.24. The lowest BCUT2D eigenvalue weighted by Crippen LogP contribution is -2.48. The molecule has 1 heterocycles. The number of hydrogen-bond donors (Lipinski definition) is 2. The Balaban J connectivity index is 2.19. The van der Waals surface area contributed by atoms with Gasteiger partial charge < -0.3 is 15.4 Å². The van der Waals surface area contributed by atoms with E-state index in [1.165, 1.54) is 0 Å². The summed E-state index contributed by atoms with van der Waals surface area (Å²) in [5.41, 5.74) is 1.73. The Hall–Kier alpha value is -1.07. The Morgan fingerprint density at radius 3 is 2.90 bits per heavy atom. The van der Waals surface area contributed by atoms with Gasteiger partial charge in [0.15, 0.2) is 0 Å². The number of benzene rings is 1. The van der Waals surface area contributed by atoms with Gasteiger partial charge in [-0.05, 0) is 49.9 Å². The number of carbonyl (C=O) groups is 1. The Bertz CT molecular complexity index is 505. The predicted octanol–water partition coefficient (Wildman–Crippen LogP) is 3.09. The Kier molecular flexibility index (Phi) is 5.05. The van der Waals surface area contributed by atoms with Gasteiger partial charge in [-0.15, -0.1) is 0 Å². The second-order valence-electron chi connectivity index (χ2n) is 5.34. The summed E-state index contributed by atoms with van der Waals surface area (Å²) in [4.78, 5) is 12.4. The smallest absolute Gasteiger partial charge is 0.241 e. The molecule has 4 nitrogen and oxygen atoms in total. The number of rotatable bonds is 3. The first kappa shape index (κ1) is 15.3. The number of halogens is 1. The number of aryl methyl sites for hydroxylation is 1. The molecule has 1 saturated heterocycles. The molecule has 1 aromatic rings. The molecule has 2 N–H and O–H groups in total. The zero-order chi connectivity index (χ0) is 14.7. The van der Waals surface area contributed by atoms with Crippen molar-refractivity contribution in [2.24, 2.45) is 5.92 Å². The molecule has 0 aliphatic carbocycles. The maximum atomic E-state index is 12.4. The molecule has 110 valence electrons. The van der Waals surface area contributed by atoms with Gasteiger partial charge in [0.2, 0.25) is 5.91 Å². The summed E-state index contributed by atoms with van der Waals surface area (Å²) in [6, 6.07) is 3.70. The van der Waals surface area contributed by atoms with Crippen LogP contribution in [0.1, 0.15) is 25.3 Å². The summed E-state index contributed by atoms with van der Waals surface area (Å²) in [5, 5.41) is 6.30. The summed E-state index contributed by atoms with van der Waals surface area (Å²) in [6.07, 6.45) is 2.22. The molecule has 0 bridgehead atoms. The van der Waals surface area contributed by atoms with Crippen LogP contribution in [0.15, 0.2) is 16.6 Å². The van der Waals surface area contributed by atoms with Crippen LogP contribution < -0.4 is 15.4 Å². The van der Waals surface area contributed by atoms with Gasteiger partial charge in [-0.25, -0.2) is 0 Å². The third kappa shape index (κ3) is 3.33. The summed E-state index contributed by atoms with van der Waals surface area (Å²) in [7, 11) is 1.61. The van der Waals surface area contributed by atoms with E-state index in [0.717, 1.165) is 35.1 Å². The number of nitrogens with one attached hydrogen (secondary N) is 2. The number of amides is 1. The van der Waals surface area contributed by atoms with E-state index in [0.29, 0.717) is 11.7 Å². The Morgan fingerprint density at radius 1 is 1.50 bits per heavy atom. The van der Waals surface area contributed by atoms with E-state index in [9.17, 15) is 4.79 Å². The molecule has 1 amide bonds. The average Bonchev–Trinajstić information content (AvgIpc) is 2.41. The van der Waals surface area contributed by atoms with Crippen molar-refractivity contribution in [3.8, 4) is 5.75 Å². The quantitative estimate of drug-likeness (QED) is 0.888. The number of anilines is 1. The number of methoxy groups -OCH3 is 1. The number of carbonyl (C=O) groups excluding carboxylic acids is 1. The molecule has 1 aromatic carbocycles. The molecular weight excluding hydrogens is 320 g/mol. The lowest BCUT2D eigenvalue weighted by Gasteiger charge is -2.29. The fourth-order valence-corrected chi connectivity index (χ4v) is 3.19. The van der Waals surface area contributed by atoms with E-state index in [2.05, 4.69) is 33.5 Å². The predicted molar refractivity (Wildman–Crippen MR) is 84.2 cm³/mol. The second kappa shape index (κ2) is 6.59. The summed E-state index contributed by atoms with van der Waals surface area (Å²) >= 11 is 3.44. The number of hydrogen-bond acceptors (Lipinski definition) is 3. The maximum Gasteiger partial charge on any atom is 0.241 e. The van der Waals surface area contributed by atoms with Crippen LogP contribution in [0, 0.1) is 12.8 Å². The highest BCUT2D eigenvalue weighted by Crippen LogP contribution is 2.32. The Morgan fingerprint density at radius 2 is 2.25 bits per heavy atom. The highest BCUT2D eigenvalue weighted by atomic mass is 79.9. The first-order valence-electron chi connectivity index (χ1n) is 6.91. The van der Waals surface area contributed by atoms with Crippen molar-refractivity contribution in [2.45, 2.75) is 32.7 Å². The molecule has 2 atom stereocenters. The lowest BCUT2D eigenvalue weighted by molar-refractivity contribution is -0.119. The molecule has 1 aliphatic rings. The van der Waals surface area contributed by atoms with E-state index in [4.69, 9.17) is 4.74 Å². The van der Waals surface area contributed by atoms with Crippen molar-refractivity contribution in [3.63, 3.8) is 0 Å². The highest BCUT2D eigenvalue weighted by molar-refractivity contribution is 9.10.